The monoisotopic (exact) mass is 198 g/mol. The molecular formula is C12H26N2. The van der Waals surface area contributed by atoms with Crippen molar-refractivity contribution in [2.24, 2.45) is 11.8 Å². The summed E-state index contributed by atoms with van der Waals surface area (Å²) in [5, 5.41) is 3.25. The first-order valence-corrected chi connectivity index (χ1v) is 6.09. The zero-order valence-corrected chi connectivity index (χ0v) is 10.1. The standard InChI is InChI=1S/C12H26N2/c1-11-5-4-7-14(8-6-11)10-12(2)9-13-3/h11-13H,4-10H2,1-3H3. The fourth-order valence-electron chi connectivity index (χ4n) is 2.36. The van der Waals surface area contributed by atoms with Crippen LogP contribution in [-0.2, 0) is 0 Å². The van der Waals surface area contributed by atoms with Crippen LogP contribution in [0.5, 0.6) is 0 Å². The van der Waals surface area contributed by atoms with E-state index in [2.05, 4.69) is 24.1 Å². The lowest BCUT2D eigenvalue weighted by atomic mass is 10.0. The SMILES string of the molecule is CNCC(C)CN1CCCC(C)CC1. The van der Waals surface area contributed by atoms with Gasteiger partial charge in [0.05, 0.1) is 0 Å². The average Bonchev–Trinajstić information content (AvgIpc) is 2.32. The third-order valence-electron chi connectivity index (χ3n) is 3.23. The third kappa shape index (κ3) is 4.43. The number of nitrogens with one attached hydrogen (secondary N) is 1. The van der Waals surface area contributed by atoms with Crippen LogP contribution >= 0.6 is 0 Å². The van der Waals surface area contributed by atoms with E-state index in [1.54, 1.807) is 0 Å². The largest absolute Gasteiger partial charge is 0.319 e. The Morgan fingerprint density at radius 3 is 2.86 bits per heavy atom. The summed E-state index contributed by atoms with van der Waals surface area (Å²) >= 11 is 0. The molecular weight excluding hydrogens is 172 g/mol. The van der Waals surface area contributed by atoms with E-state index in [9.17, 15) is 0 Å². The Hall–Kier alpha value is -0.0800. The molecule has 0 aromatic heterocycles. The molecule has 1 aliphatic rings. The second kappa shape index (κ2) is 6.41. The molecule has 0 aliphatic carbocycles. The predicted octanol–water partition coefficient (Wildman–Crippen LogP) is 1.96. The second-order valence-electron chi connectivity index (χ2n) is 5.00. The van der Waals surface area contributed by atoms with Gasteiger partial charge in [-0.3, -0.25) is 0 Å². The zero-order chi connectivity index (χ0) is 10.4. The molecule has 1 saturated heterocycles. The molecule has 0 radical (unpaired) electrons. The molecule has 2 unspecified atom stereocenters. The number of hydrogen-bond acceptors (Lipinski definition) is 2. The van der Waals surface area contributed by atoms with Crippen molar-refractivity contribution in [3.63, 3.8) is 0 Å². The topological polar surface area (TPSA) is 15.3 Å². The Labute approximate surface area is 89.1 Å². The minimum absolute atomic E-state index is 0.786. The molecule has 84 valence electrons. The lowest BCUT2D eigenvalue weighted by molar-refractivity contribution is 0.242. The summed E-state index contributed by atoms with van der Waals surface area (Å²) in [5.74, 6) is 1.73. The zero-order valence-electron chi connectivity index (χ0n) is 10.1. The van der Waals surface area contributed by atoms with E-state index < -0.39 is 0 Å². The number of likely N-dealkylation sites (tertiary alicyclic amines) is 1. The minimum Gasteiger partial charge on any atom is -0.319 e. The number of nitrogens with zero attached hydrogens (tertiary/aromatic N) is 1. The van der Waals surface area contributed by atoms with Crippen LogP contribution in [0.15, 0.2) is 0 Å². The molecule has 0 saturated carbocycles. The quantitative estimate of drug-likeness (QED) is 0.743. The Bertz CT molecular complexity index is 147. The first kappa shape index (κ1) is 12.0. The summed E-state index contributed by atoms with van der Waals surface area (Å²) < 4.78 is 0. The molecule has 0 spiro atoms. The summed E-state index contributed by atoms with van der Waals surface area (Å²) in [4.78, 5) is 2.64. The van der Waals surface area contributed by atoms with E-state index in [0.717, 1.165) is 18.4 Å². The molecule has 0 bridgehead atoms. The van der Waals surface area contributed by atoms with Gasteiger partial charge in [-0.2, -0.15) is 0 Å². The van der Waals surface area contributed by atoms with E-state index in [1.165, 1.54) is 38.9 Å². The van der Waals surface area contributed by atoms with Gasteiger partial charge in [-0.05, 0) is 57.8 Å². The highest BCUT2D eigenvalue weighted by Crippen LogP contribution is 2.16. The summed E-state index contributed by atoms with van der Waals surface area (Å²) in [7, 11) is 2.04. The fraction of sp³-hybridized carbons (Fsp3) is 1.00. The lowest BCUT2D eigenvalue weighted by Crippen LogP contribution is -2.33. The molecule has 14 heavy (non-hydrogen) atoms. The smallest absolute Gasteiger partial charge is 0.00191 e. The van der Waals surface area contributed by atoms with Gasteiger partial charge in [-0.25, -0.2) is 0 Å². The van der Waals surface area contributed by atoms with Crippen molar-refractivity contribution in [2.75, 3.05) is 33.2 Å². The lowest BCUT2D eigenvalue weighted by Gasteiger charge is -2.23. The van der Waals surface area contributed by atoms with Crippen LogP contribution in [0.2, 0.25) is 0 Å². The van der Waals surface area contributed by atoms with Gasteiger partial charge in [0.1, 0.15) is 0 Å². The second-order valence-corrected chi connectivity index (χ2v) is 5.00. The first-order chi connectivity index (χ1) is 6.72. The normalized spacial score (nSPS) is 27.2. The molecule has 1 heterocycles. The molecule has 2 heteroatoms. The van der Waals surface area contributed by atoms with E-state index in [4.69, 9.17) is 0 Å². The van der Waals surface area contributed by atoms with Crippen LogP contribution in [-0.4, -0.2) is 38.1 Å². The van der Waals surface area contributed by atoms with Gasteiger partial charge in [0.2, 0.25) is 0 Å². The Balaban J connectivity index is 2.22. The molecule has 0 aromatic rings. The van der Waals surface area contributed by atoms with Crippen molar-refractivity contribution >= 4 is 0 Å². The first-order valence-electron chi connectivity index (χ1n) is 6.09. The van der Waals surface area contributed by atoms with Gasteiger partial charge < -0.3 is 10.2 Å². The van der Waals surface area contributed by atoms with Crippen LogP contribution in [0.3, 0.4) is 0 Å². The van der Waals surface area contributed by atoms with Crippen LogP contribution in [0.4, 0.5) is 0 Å². The van der Waals surface area contributed by atoms with Crippen LogP contribution < -0.4 is 5.32 Å². The Kier molecular flexibility index (Phi) is 5.49. The fourth-order valence-corrected chi connectivity index (χ4v) is 2.36. The van der Waals surface area contributed by atoms with E-state index in [0.29, 0.717) is 0 Å². The molecule has 2 atom stereocenters. The van der Waals surface area contributed by atoms with Crippen LogP contribution in [0.25, 0.3) is 0 Å². The van der Waals surface area contributed by atoms with Crippen molar-refractivity contribution in [2.45, 2.75) is 33.1 Å². The highest BCUT2D eigenvalue weighted by molar-refractivity contribution is 4.70. The maximum atomic E-state index is 3.25. The van der Waals surface area contributed by atoms with E-state index >= 15 is 0 Å². The van der Waals surface area contributed by atoms with Gasteiger partial charge in [0.15, 0.2) is 0 Å². The highest BCUT2D eigenvalue weighted by atomic mass is 15.1. The Morgan fingerprint density at radius 2 is 2.14 bits per heavy atom. The van der Waals surface area contributed by atoms with Gasteiger partial charge in [0, 0.05) is 6.54 Å². The van der Waals surface area contributed by atoms with E-state index in [1.807, 2.05) is 7.05 Å². The minimum atomic E-state index is 0.786. The van der Waals surface area contributed by atoms with E-state index in [-0.39, 0.29) is 0 Å². The molecule has 1 aliphatic heterocycles. The third-order valence-corrected chi connectivity index (χ3v) is 3.23. The highest BCUT2D eigenvalue weighted by Gasteiger charge is 2.15. The van der Waals surface area contributed by atoms with Crippen molar-refractivity contribution in [3.8, 4) is 0 Å². The van der Waals surface area contributed by atoms with Crippen molar-refractivity contribution in [3.05, 3.63) is 0 Å². The number of rotatable bonds is 4. The summed E-state index contributed by atoms with van der Waals surface area (Å²) in [6.45, 7) is 9.78. The van der Waals surface area contributed by atoms with Gasteiger partial charge >= 0.3 is 0 Å². The van der Waals surface area contributed by atoms with Gasteiger partial charge in [-0.1, -0.05) is 13.8 Å². The van der Waals surface area contributed by atoms with Crippen molar-refractivity contribution in [1.29, 1.82) is 0 Å². The average molecular weight is 198 g/mol. The molecule has 1 fully saturated rings. The van der Waals surface area contributed by atoms with Gasteiger partial charge in [0.25, 0.3) is 0 Å². The maximum absolute atomic E-state index is 3.25. The molecule has 2 nitrogen and oxygen atoms in total. The van der Waals surface area contributed by atoms with Gasteiger partial charge in [-0.15, -0.1) is 0 Å². The predicted molar refractivity (Wildman–Crippen MR) is 62.5 cm³/mol. The van der Waals surface area contributed by atoms with Crippen LogP contribution in [0, 0.1) is 11.8 Å². The summed E-state index contributed by atoms with van der Waals surface area (Å²) in [6.07, 6.45) is 4.22. The van der Waals surface area contributed by atoms with Crippen LogP contribution in [0.1, 0.15) is 33.1 Å². The van der Waals surface area contributed by atoms with Crippen molar-refractivity contribution < 1.29 is 0 Å². The molecule has 1 N–H and O–H groups in total. The van der Waals surface area contributed by atoms with Crippen molar-refractivity contribution in [1.82, 2.24) is 10.2 Å². The summed E-state index contributed by atoms with van der Waals surface area (Å²) in [6, 6.07) is 0. The summed E-state index contributed by atoms with van der Waals surface area (Å²) in [5.41, 5.74) is 0. The number of hydrogen-bond donors (Lipinski definition) is 1. The molecule has 1 rings (SSSR count). The molecule has 0 aromatic carbocycles. The Morgan fingerprint density at radius 1 is 1.36 bits per heavy atom. The molecule has 0 amide bonds. The maximum Gasteiger partial charge on any atom is 0.00191 e.